The maximum absolute atomic E-state index is 12.1. The van der Waals surface area contributed by atoms with E-state index in [9.17, 15) is 4.79 Å². The molecule has 1 aliphatic heterocycles. The summed E-state index contributed by atoms with van der Waals surface area (Å²) in [6, 6.07) is 10.1. The van der Waals surface area contributed by atoms with Crippen molar-refractivity contribution in [1.82, 2.24) is 0 Å². The van der Waals surface area contributed by atoms with Crippen LogP contribution in [0, 0.1) is 16.2 Å². The van der Waals surface area contributed by atoms with E-state index in [4.69, 9.17) is 4.74 Å². The summed E-state index contributed by atoms with van der Waals surface area (Å²) in [6.07, 6.45) is 4.09. The zero-order valence-electron chi connectivity index (χ0n) is 11.1. The highest BCUT2D eigenvalue weighted by atomic mass is 16.5. The van der Waals surface area contributed by atoms with Crippen LogP contribution in [0.5, 0.6) is 0 Å². The van der Waals surface area contributed by atoms with Crippen LogP contribution in [0.4, 0.5) is 0 Å². The maximum Gasteiger partial charge on any atom is 0.317 e. The molecule has 18 heavy (non-hydrogen) atoms. The van der Waals surface area contributed by atoms with Crippen molar-refractivity contribution in [2.75, 3.05) is 6.61 Å². The lowest BCUT2D eigenvalue weighted by atomic mass is 9.94. The largest absolute Gasteiger partial charge is 0.464 e. The highest BCUT2D eigenvalue weighted by Crippen LogP contribution is 2.81. The number of benzene rings is 1. The first-order valence-electron chi connectivity index (χ1n) is 6.37. The van der Waals surface area contributed by atoms with Crippen molar-refractivity contribution in [2.24, 2.45) is 16.2 Å². The van der Waals surface area contributed by atoms with E-state index in [2.05, 4.69) is 26.8 Å². The topological polar surface area (TPSA) is 26.3 Å². The van der Waals surface area contributed by atoms with Crippen LogP contribution in [0.2, 0.25) is 0 Å². The quantitative estimate of drug-likeness (QED) is 0.744. The summed E-state index contributed by atoms with van der Waals surface area (Å²) in [5.74, 6) is -0.0674. The van der Waals surface area contributed by atoms with Gasteiger partial charge in [0.2, 0.25) is 0 Å². The molecular weight excluding hydrogens is 224 g/mol. The van der Waals surface area contributed by atoms with E-state index in [0.29, 0.717) is 6.61 Å². The van der Waals surface area contributed by atoms with Gasteiger partial charge >= 0.3 is 5.97 Å². The third-order valence-electron chi connectivity index (χ3n) is 5.31. The molecule has 1 aromatic rings. The van der Waals surface area contributed by atoms with Gasteiger partial charge < -0.3 is 4.74 Å². The van der Waals surface area contributed by atoms with Gasteiger partial charge in [0.25, 0.3) is 0 Å². The average Bonchev–Trinajstić information content (AvgIpc) is 2.59. The molecule has 94 valence electrons. The summed E-state index contributed by atoms with van der Waals surface area (Å²) in [5.41, 5.74) is 0.621. The van der Waals surface area contributed by atoms with Gasteiger partial charge in [-0.2, -0.15) is 0 Å². The van der Waals surface area contributed by atoms with E-state index in [1.807, 2.05) is 36.4 Å². The van der Waals surface area contributed by atoms with Gasteiger partial charge in [-0.25, -0.2) is 0 Å². The Morgan fingerprint density at radius 1 is 1.17 bits per heavy atom. The number of hydrogen-bond acceptors (Lipinski definition) is 2. The van der Waals surface area contributed by atoms with E-state index >= 15 is 0 Å². The van der Waals surface area contributed by atoms with Gasteiger partial charge in [-0.3, -0.25) is 4.79 Å². The summed E-state index contributed by atoms with van der Waals surface area (Å²) in [4.78, 5) is 12.1. The van der Waals surface area contributed by atoms with E-state index in [1.165, 1.54) is 0 Å². The minimum atomic E-state index is -0.435. The maximum atomic E-state index is 12.1. The zero-order chi connectivity index (χ0) is 13.0. The van der Waals surface area contributed by atoms with Crippen molar-refractivity contribution in [3.63, 3.8) is 0 Å². The van der Waals surface area contributed by atoms with Crippen LogP contribution in [0.1, 0.15) is 26.3 Å². The first-order chi connectivity index (χ1) is 8.46. The van der Waals surface area contributed by atoms with Crippen molar-refractivity contribution in [3.8, 4) is 0 Å². The SMILES string of the molecule is CC1(C)[C@]2(/C=C/c3ccccc3)C(=O)OC[C@]12C. The minimum Gasteiger partial charge on any atom is -0.464 e. The van der Waals surface area contributed by atoms with Crippen molar-refractivity contribution < 1.29 is 9.53 Å². The van der Waals surface area contributed by atoms with Crippen LogP contribution in [0.3, 0.4) is 0 Å². The van der Waals surface area contributed by atoms with Crippen LogP contribution >= 0.6 is 0 Å². The molecule has 1 heterocycles. The number of hydrogen-bond donors (Lipinski definition) is 0. The van der Waals surface area contributed by atoms with Gasteiger partial charge in [-0.15, -0.1) is 0 Å². The summed E-state index contributed by atoms with van der Waals surface area (Å²) < 4.78 is 5.26. The Morgan fingerprint density at radius 2 is 1.83 bits per heavy atom. The fourth-order valence-electron chi connectivity index (χ4n) is 3.57. The van der Waals surface area contributed by atoms with Gasteiger partial charge in [-0.1, -0.05) is 63.3 Å². The molecule has 2 aliphatic rings. The van der Waals surface area contributed by atoms with Crippen LogP contribution in [0.15, 0.2) is 36.4 Å². The summed E-state index contributed by atoms with van der Waals surface area (Å²) in [7, 11) is 0. The Bertz CT molecular complexity index is 529. The molecule has 1 aliphatic carbocycles. The van der Waals surface area contributed by atoms with Crippen LogP contribution < -0.4 is 0 Å². The lowest BCUT2D eigenvalue weighted by Crippen LogP contribution is -2.19. The molecule has 1 aromatic carbocycles. The second kappa shape index (κ2) is 3.25. The number of esters is 1. The van der Waals surface area contributed by atoms with Crippen molar-refractivity contribution in [2.45, 2.75) is 20.8 Å². The smallest absolute Gasteiger partial charge is 0.317 e. The van der Waals surface area contributed by atoms with Gasteiger partial charge in [0, 0.05) is 5.41 Å². The van der Waals surface area contributed by atoms with Crippen molar-refractivity contribution >= 4 is 12.0 Å². The Balaban J connectivity index is 1.97. The number of carbonyl (C=O) groups excluding carboxylic acids is 1. The predicted octanol–water partition coefficient (Wildman–Crippen LogP) is 3.29. The Labute approximate surface area is 108 Å². The van der Waals surface area contributed by atoms with Gasteiger partial charge in [-0.05, 0) is 11.0 Å². The monoisotopic (exact) mass is 242 g/mol. The molecule has 0 N–H and O–H groups in total. The number of ether oxygens (including phenoxy) is 1. The molecule has 0 amide bonds. The van der Waals surface area contributed by atoms with Crippen LogP contribution in [-0.2, 0) is 9.53 Å². The number of rotatable bonds is 2. The standard InChI is InChI=1S/C16H18O2/c1-14(2)15(3)11-18-13(17)16(14,15)10-9-12-7-5-4-6-8-12/h4-10H,11H2,1-3H3/b10-9+/t15-,16+/m1/s1. The third kappa shape index (κ3) is 1.07. The average molecular weight is 242 g/mol. The number of cyclic esters (lactones) is 1. The van der Waals surface area contributed by atoms with E-state index in [-0.39, 0.29) is 16.8 Å². The summed E-state index contributed by atoms with van der Waals surface area (Å²) in [5, 5.41) is 0. The van der Waals surface area contributed by atoms with E-state index < -0.39 is 5.41 Å². The Morgan fingerprint density at radius 3 is 2.39 bits per heavy atom. The second-order valence-corrected chi connectivity index (χ2v) is 6.09. The Hall–Kier alpha value is -1.57. The van der Waals surface area contributed by atoms with Gasteiger partial charge in [0.1, 0.15) is 5.41 Å². The fraction of sp³-hybridized carbons (Fsp3) is 0.438. The highest BCUT2D eigenvalue weighted by Gasteiger charge is 2.86. The molecule has 0 spiro atoms. The number of carbonyl (C=O) groups is 1. The molecule has 1 saturated carbocycles. The lowest BCUT2D eigenvalue weighted by Gasteiger charge is -2.14. The minimum absolute atomic E-state index is 0.0133. The molecule has 3 rings (SSSR count). The Kier molecular flexibility index (Phi) is 2.08. The van der Waals surface area contributed by atoms with E-state index in [0.717, 1.165) is 5.56 Å². The summed E-state index contributed by atoms with van der Waals surface area (Å²) >= 11 is 0. The number of fused-ring (bicyclic) bond motifs is 1. The normalized spacial score (nSPS) is 36.5. The first-order valence-corrected chi connectivity index (χ1v) is 6.37. The zero-order valence-corrected chi connectivity index (χ0v) is 11.1. The summed E-state index contributed by atoms with van der Waals surface area (Å²) in [6.45, 7) is 7.00. The van der Waals surface area contributed by atoms with Gasteiger partial charge in [0.05, 0.1) is 6.61 Å². The fourth-order valence-corrected chi connectivity index (χ4v) is 3.57. The molecule has 0 unspecified atom stereocenters. The molecule has 2 fully saturated rings. The first kappa shape index (κ1) is 11.5. The predicted molar refractivity (Wildman–Crippen MR) is 70.8 cm³/mol. The van der Waals surface area contributed by atoms with Crippen LogP contribution in [0.25, 0.3) is 6.08 Å². The van der Waals surface area contributed by atoms with Crippen molar-refractivity contribution in [3.05, 3.63) is 42.0 Å². The van der Waals surface area contributed by atoms with Crippen molar-refractivity contribution in [1.29, 1.82) is 0 Å². The highest BCUT2D eigenvalue weighted by molar-refractivity contribution is 5.90. The molecule has 1 saturated heterocycles. The second-order valence-electron chi connectivity index (χ2n) is 6.09. The lowest BCUT2D eigenvalue weighted by molar-refractivity contribution is -0.145. The molecule has 0 bridgehead atoms. The molecule has 0 aromatic heterocycles. The van der Waals surface area contributed by atoms with E-state index in [1.54, 1.807) is 0 Å². The van der Waals surface area contributed by atoms with Gasteiger partial charge in [0.15, 0.2) is 0 Å². The third-order valence-corrected chi connectivity index (χ3v) is 5.31. The molecule has 2 atom stereocenters. The molecule has 2 heteroatoms. The molecule has 0 radical (unpaired) electrons. The molecule has 2 nitrogen and oxygen atoms in total. The van der Waals surface area contributed by atoms with Crippen LogP contribution in [-0.4, -0.2) is 12.6 Å². The molecular formula is C16H18O2.